The molecule has 0 unspecified atom stereocenters. The van der Waals surface area contributed by atoms with Gasteiger partial charge in [-0.05, 0) is 37.1 Å². The fraction of sp³-hybridized carbons (Fsp3) is 0.429. The van der Waals surface area contributed by atoms with Gasteiger partial charge in [0.25, 0.3) is 0 Å². The first-order valence-electron chi connectivity index (χ1n) is 6.77. The van der Waals surface area contributed by atoms with Crippen molar-refractivity contribution in [2.24, 2.45) is 0 Å². The Morgan fingerprint density at radius 2 is 1.82 bits per heavy atom. The number of rotatable bonds is 6. The number of benzene rings is 1. The first kappa shape index (κ1) is 16.4. The molecule has 0 radical (unpaired) electrons. The van der Waals surface area contributed by atoms with Gasteiger partial charge in [-0.1, -0.05) is 0 Å². The van der Waals surface area contributed by atoms with Gasteiger partial charge in [0.05, 0.1) is 12.0 Å². The highest BCUT2D eigenvalue weighted by molar-refractivity contribution is 7.89. The molecule has 2 rings (SSSR count). The molecule has 7 nitrogen and oxygen atoms in total. The van der Waals surface area contributed by atoms with E-state index in [-0.39, 0.29) is 11.4 Å². The van der Waals surface area contributed by atoms with E-state index in [1.165, 1.54) is 0 Å². The molecule has 0 aliphatic heterocycles. The van der Waals surface area contributed by atoms with Gasteiger partial charge in [-0.3, -0.25) is 0 Å². The summed E-state index contributed by atoms with van der Waals surface area (Å²) in [4.78, 5) is 0.273. The Morgan fingerprint density at radius 3 is 2.32 bits per heavy atom. The van der Waals surface area contributed by atoms with Crippen LogP contribution in [0, 0.1) is 20.8 Å². The van der Waals surface area contributed by atoms with Gasteiger partial charge in [-0.2, -0.15) is 0 Å². The highest BCUT2D eigenvalue weighted by Crippen LogP contribution is 2.25. The summed E-state index contributed by atoms with van der Waals surface area (Å²) in [5.74, 6) is 1.50. The lowest BCUT2D eigenvalue weighted by Gasteiger charge is -2.13. The standard InChI is InChI=1S/C14H19N3O4S/c1-9-7-12(20-4)8-10(2)14(9)22(18,19)15-6-5-13-17-16-11(3)21-13/h7-8,15H,5-6H2,1-4H3. The van der Waals surface area contributed by atoms with Crippen LogP contribution in [0.5, 0.6) is 5.75 Å². The van der Waals surface area contributed by atoms with E-state index in [2.05, 4.69) is 14.9 Å². The molecule has 22 heavy (non-hydrogen) atoms. The maximum atomic E-state index is 12.5. The third-order valence-electron chi connectivity index (χ3n) is 3.14. The minimum atomic E-state index is -3.61. The van der Waals surface area contributed by atoms with E-state index in [9.17, 15) is 8.42 Å². The van der Waals surface area contributed by atoms with E-state index >= 15 is 0 Å². The second kappa shape index (κ2) is 6.45. The number of nitrogens with zero attached hydrogens (tertiary/aromatic N) is 2. The van der Waals surface area contributed by atoms with E-state index in [1.807, 2.05) is 0 Å². The normalized spacial score (nSPS) is 11.6. The van der Waals surface area contributed by atoms with Gasteiger partial charge in [0, 0.05) is 19.9 Å². The molecule has 2 aromatic rings. The Labute approximate surface area is 129 Å². The number of sulfonamides is 1. The van der Waals surface area contributed by atoms with Gasteiger partial charge < -0.3 is 9.15 Å². The van der Waals surface area contributed by atoms with Gasteiger partial charge in [0.15, 0.2) is 0 Å². The third-order valence-corrected chi connectivity index (χ3v) is 4.90. The Morgan fingerprint density at radius 1 is 1.18 bits per heavy atom. The predicted octanol–water partition coefficient (Wildman–Crippen LogP) is 1.52. The molecule has 0 spiro atoms. The topological polar surface area (TPSA) is 94.3 Å². The van der Waals surface area contributed by atoms with Crippen LogP contribution in [-0.4, -0.2) is 32.3 Å². The van der Waals surface area contributed by atoms with Crippen LogP contribution in [0.4, 0.5) is 0 Å². The molecule has 8 heteroatoms. The quantitative estimate of drug-likeness (QED) is 0.865. The fourth-order valence-corrected chi connectivity index (χ4v) is 3.74. The summed E-state index contributed by atoms with van der Waals surface area (Å²) < 4.78 is 37.8. The van der Waals surface area contributed by atoms with Gasteiger partial charge >= 0.3 is 0 Å². The molecule has 0 bridgehead atoms. The fourth-order valence-electron chi connectivity index (χ4n) is 2.26. The second-order valence-corrected chi connectivity index (χ2v) is 6.66. The van der Waals surface area contributed by atoms with Crippen molar-refractivity contribution in [3.8, 4) is 5.75 Å². The summed E-state index contributed by atoms with van der Waals surface area (Å²) >= 11 is 0. The minimum absolute atomic E-state index is 0.189. The zero-order chi connectivity index (χ0) is 16.3. The summed E-state index contributed by atoms with van der Waals surface area (Å²) in [5.41, 5.74) is 1.27. The summed E-state index contributed by atoms with van der Waals surface area (Å²) in [6.45, 7) is 5.36. The third kappa shape index (κ3) is 3.63. The monoisotopic (exact) mass is 325 g/mol. The highest BCUT2D eigenvalue weighted by Gasteiger charge is 2.20. The van der Waals surface area contributed by atoms with Crippen LogP contribution in [0.3, 0.4) is 0 Å². The minimum Gasteiger partial charge on any atom is -0.497 e. The lowest BCUT2D eigenvalue weighted by Crippen LogP contribution is -2.27. The van der Waals surface area contributed by atoms with E-state index in [0.29, 0.717) is 35.1 Å². The molecular weight excluding hydrogens is 306 g/mol. The maximum absolute atomic E-state index is 12.5. The van der Waals surface area contributed by atoms with Crippen molar-refractivity contribution in [1.29, 1.82) is 0 Å². The molecule has 1 heterocycles. The Bertz CT molecular complexity index is 745. The van der Waals surface area contributed by atoms with Crippen molar-refractivity contribution >= 4 is 10.0 Å². The summed E-state index contributed by atoms with van der Waals surface area (Å²) in [6.07, 6.45) is 0.342. The number of ether oxygens (including phenoxy) is 1. The summed E-state index contributed by atoms with van der Waals surface area (Å²) in [6, 6.07) is 3.39. The Balaban J connectivity index is 2.13. The molecular formula is C14H19N3O4S. The predicted molar refractivity (Wildman–Crippen MR) is 80.4 cm³/mol. The van der Waals surface area contributed by atoms with Crippen molar-refractivity contribution in [1.82, 2.24) is 14.9 Å². The van der Waals surface area contributed by atoms with Crippen molar-refractivity contribution < 1.29 is 17.6 Å². The van der Waals surface area contributed by atoms with Crippen LogP contribution in [0.1, 0.15) is 22.9 Å². The summed E-state index contributed by atoms with van der Waals surface area (Å²) in [7, 11) is -2.06. The number of hydrogen-bond acceptors (Lipinski definition) is 6. The van der Waals surface area contributed by atoms with Gasteiger partial charge in [0.2, 0.25) is 21.8 Å². The SMILES string of the molecule is COc1cc(C)c(S(=O)(=O)NCCc2nnc(C)o2)c(C)c1. The number of methoxy groups -OCH3 is 1. The summed E-state index contributed by atoms with van der Waals surface area (Å²) in [5, 5.41) is 7.53. The van der Waals surface area contributed by atoms with Crippen molar-refractivity contribution in [2.75, 3.05) is 13.7 Å². The smallest absolute Gasteiger partial charge is 0.241 e. The zero-order valence-electron chi connectivity index (χ0n) is 13.0. The van der Waals surface area contributed by atoms with Crippen LogP contribution in [0.25, 0.3) is 0 Å². The first-order valence-corrected chi connectivity index (χ1v) is 8.25. The highest BCUT2D eigenvalue weighted by atomic mass is 32.2. The van der Waals surface area contributed by atoms with Crippen LogP contribution in [0.15, 0.2) is 21.4 Å². The van der Waals surface area contributed by atoms with E-state index < -0.39 is 10.0 Å². The molecule has 0 saturated heterocycles. The lowest BCUT2D eigenvalue weighted by atomic mass is 10.1. The Kier molecular flexibility index (Phi) is 4.82. The van der Waals surface area contributed by atoms with E-state index in [1.54, 1.807) is 40.0 Å². The second-order valence-electron chi connectivity index (χ2n) is 4.95. The molecule has 1 aromatic heterocycles. The molecule has 0 fully saturated rings. The van der Waals surface area contributed by atoms with Crippen LogP contribution in [-0.2, 0) is 16.4 Å². The van der Waals surface area contributed by atoms with Crippen molar-refractivity contribution in [3.63, 3.8) is 0 Å². The average Bonchev–Trinajstić information content (AvgIpc) is 2.83. The zero-order valence-corrected chi connectivity index (χ0v) is 13.8. The number of hydrogen-bond donors (Lipinski definition) is 1. The number of aryl methyl sites for hydroxylation is 3. The van der Waals surface area contributed by atoms with E-state index in [4.69, 9.17) is 9.15 Å². The first-order chi connectivity index (χ1) is 10.3. The maximum Gasteiger partial charge on any atom is 0.241 e. The molecule has 0 aliphatic carbocycles. The molecule has 0 aliphatic rings. The van der Waals surface area contributed by atoms with Crippen molar-refractivity contribution in [3.05, 3.63) is 35.0 Å². The van der Waals surface area contributed by atoms with Crippen molar-refractivity contribution in [2.45, 2.75) is 32.1 Å². The van der Waals surface area contributed by atoms with Gasteiger partial charge in [0.1, 0.15) is 5.75 Å². The average molecular weight is 325 g/mol. The molecule has 1 aromatic carbocycles. The van der Waals surface area contributed by atoms with Gasteiger partial charge in [-0.15, -0.1) is 10.2 Å². The van der Waals surface area contributed by atoms with Crippen LogP contribution < -0.4 is 9.46 Å². The molecule has 0 saturated carbocycles. The molecule has 0 atom stereocenters. The number of aromatic nitrogens is 2. The molecule has 0 amide bonds. The number of nitrogens with one attached hydrogen (secondary N) is 1. The van der Waals surface area contributed by atoms with Gasteiger partial charge in [-0.25, -0.2) is 13.1 Å². The molecule has 120 valence electrons. The van der Waals surface area contributed by atoms with Crippen LogP contribution >= 0.6 is 0 Å². The van der Waals surface area contributed by atoms with E-state index in [0.717, 1.165) is 0 Å². The Hall–Kier alpha value is -1.93. The lowest BCUT2D eigenvalue weighted by molar-refractivity contribution is 0.413. The largest absolute Gasteiger partial charge is 0.497 e. The van der Waals surface area contributed by atoms with Crippen LogP contribution in [0.2, 0.25) is 0 Å². The molecule has 1 N–H and O–H groups in total.